The van der Waals surface area contributed by atoms with Crippen molar-refractivity contribution in [1.29, 1.82) is 0 Å². The molecule has 3 fully saturated rings. The number of hydrogen-bond acceptors (Lipinski definition) is 2. The molecule has 3 saturated carbocycles. The SMILES string of the molecule is C[C@@H]1[C@@H]2CC[C@@H](C(=O)[C@H]2F)[C@H]1O[Si](C)(C)C(C)(C)C. The fourth-order valence-corrected chi connectivity index (χ4v) is 4.66. The highest BCUT2D eigenvalue weighted by Gasteiger charge is 2.55. The molecule has 0 aliphatic heterocycles. The summed E-state index contributed by atoms with van der Waals surface area (Å²) in [7, 11) is -1.90. The number of Topliss-reactive ketones (excluding diaryl/α,β-unsaturated/α-hetero) is 1. The van der Waals surface area contributed by atoms with E-state index in [2.05, 4.69) is 40.8 Å². The third kappa shape index (κ3) is 2.42. The largest absolute Gasteiger partial charge is 0.413 e. The molecule has 3 aliphatic rings. The van der Waals surface area contributed by atoms with Gasteiger partial charge in [0.25, 0.3) is 0 Å². The van der Waals surface area contributed by atoms with Gasteiger partial charge in [0.05, 0.1) is 6.10 Å². The molecule has 110 valence electrons. The molecule has 0 heterocycles. The summed E-state index contributed by atoms with van der Waals surface area (Å²) in [5.74, 6) is -0.352. The van der Waals surface area contributed by atoms with Gasteiger partial charge < -0.3 is 4.43 Å². The van der Waals surface area contributed by atoms with Crippen LogP contribution in [0.3, 0.4) is 0 Å². The van der Waals surface area contributed by atoms with Gasteiger partial charge in [-0.1, -0.05) is 27.7 Å². The van der Waals surface area contributed by atoms with Crippen LogP contribution in [0.15, 0.2) is 0 Å². The van der Waals surface area contributed by atoms with Crippen molar-refractivity contribution in [3.05, 3.63) is 0 Å². The summed E-state index contributed by atoms with van der Waals surface area (Å²) in [4.78, 5) is 12.0. The van der Waals surface area contributed by atoms with E-state index in [1.807, 2.05) is 0 Å². The second kappa shape index (κ2) is 4.66. The van der Waals surface area contributed by atoms with Crippen LogP contribution in [0.25, 0.3) is 0 Å². The molecule has 3 rings (SSSR count). The zero-order valence-corrected chi connectivity index (χ0v) is 14.0. The minimum absolute atomic E-state index is 0.0564. The molecule has 0 aromatic rings. The van der Waals surface area contributed by atoms with E-state index in [0.717, 1.165) is 12.8 Å². The maximum Gasteiger partial charge on any atom is 0.192 e. The Morgan fingerprint density at radius 2 is 1.84 bits per heavy atom. The van der Waals surface area contributed by atoms with Gasteiger partial charge in [0, 0.05) is 11.8 Å². The van der Waals surface area contributed by atoms with Crippen LogP contribution in [-0.4, -0.2) is 26.4 Å². The summed E-state index contributed by atoms with van der Waals surface area (Å²) >= 11 is 0. The van der Waals surface area contributed by atoms with Crippen LogP contribution in [-0.2, 0) is 9.22 Å². The topological polar surface area (TPSA) is 26.3 Å². The zero-order chi connectivity index (χ0) is 14.6. The van der Waals surface area contributed by atoms with E-state index in [1.165, 1.54) is 0 Å². The fraction of sp³-hybridized carbons (Fsp3) is 0.933. The van der Waals surface area contributed by atoms with Crippen LogP contribution >= 0.6 is 0 Å². The molecule has 5 atom stereocenters. The van der Waals surface area contributed by atoms with E-state index in [9.17, 15) is 9.18 Å². The molecule has 0 amide bonds. The number of alkyl halides is 1. The second-order valence-corrected chi connectivity index (χ2v) is 12.6. The Bertz CT molecular complexity index is 375. The van der Waals surface area contributed by atoms with Gasteiger partial charge in [-0.05, 0) is 36.9 Å². The van der Waals surface area contributed by atoms with Crippen LogP contribution in [0.1, 0.15) is 40.5 Å². The smallest absolute Gasteiger partial charge is 0.192 e. The summed E-state index contributed by atoms with van der Waals surface area (Å²) in [5.41, 5.74) is 0. The first kappa shape index (κ1) is 15.2. The number of fused-ring (bicyclic) bond motifs is 3. The van der Waals surface area contributed by atoms with E-state index in [4.69, 9.17) is 4.43 Å². The average Bonchev–Trinajstić information content (AvgIpc) is 2.26. The van der Waals surface area contributed by atoms with Crippen molar-refractivity contribution < 1.29 is 13.6 Å². The van der Waals surface area contributed by atoms with Gasteiger partial charge in [0.2, 0.25) is 0 Å². The van der Waals surface area contributed by atoms with Gasteiger partial charge in [-0.25, -0.2) is 4.39 Å². The van der Waals surface area contributed by atoms with E-state index in [0.29, 0.717) is 0 Å². The summed E-state index contributed by atoms with van der Waals surface area (Å²) in [6.07, 6.45) is 0.357. The van der Waals surface area contributed by atoms with Crippen LogP contribution in [0, 0.1) is 17.8 Å². The van der Waals surface area contributed by atoms with E-state index >= 15 is 0 Å². The number of hydrogen-bond donors (Lipinski definition) is 0. The van der Waals surface area contributed by atoms with Crippen molar-refractivity contribution >= 4 is 14.1 Å². The van der Waals surface area contributed by atoms with Crippen LogP contribution < -0.4 is 0 Å². The van der Waals surface area contributed by atoms with Crippen LogP contribution in [0.2, 0.25) is 18.1 Å². The molecule has 3 aliphatic carbocycles. The first-order valence-electron chi connectivity index (χ1n) is 7.42. The number of ketones is 1. The first-order chi connectivity index (χ1) is 8.56. The molecule has 4 heteroatoms. The Labute approximate surface area is 117 Å². The quantitative estimate of drug-likeness (QED) is 0.718. The minimum Gasteiger partial charge on any atom is -0.413 e. The summed E-state index contributed by atoms with van der Waals surface area (Å²) in [5, 5.41) is 0.127. The molecule has 0 aromatic carbocycles. The summed E-state index contributed by atoms with van der Waals surface area (Å²) in [6, 6.07) is 0. The van der Waals surface area contributed by atoms with Gasteiger partial charge in [-0.15, -0.1) is 0 Å². The van der Waals surface area contributed by atoms with Crippen molar-refractivity contribution in [1.82, 2.24) is 0 Å². The number of rotatable bonds is 2. The van der Waals surface area contributed by atoms with E-state index in [-0.39, 0.29) is 34.7 Å². The Morgan fingerprint density at radius 1 is 1.26 bits per heavy atom. The van der Waals surface area contributed by atoms with Crippen molar-refractivity contribution in [3.8, 4) is 0 Å². The maximum absolute atomic E-state index is 14.0. The lowest BCUT2D eigenvalue weighted by Crippen LogP contribution is -2.59. The first-order valence-corrected chi connectivity index (χ1v) is 10.3. The summed E-state index contributed by atoms with van der Waals surface area (Å²) in [6.45, 7) is 13.1. The predicted molar refractivity (Wildman–Crippen MR) is 77.4 cm³/mol. The van der Waals surface area contributed by atoms with Gasteiger partial charge in [-0.3, -0.25) is 4.79 Å². The number of halogens is 1. The van der Waals surface area contributed by atoms with E-state index < -0.39 is 14.5 Å². The van der Waals surface area contributed by atoms with Crippen LogP contribution in [0.5, 0.6) is 0 Å². The molecule has 2 nitrogen and oxygen atoms in total. The standard InChI is InChI=1S/C15H27FO2Si/c1-9-10-7-8-11(13(17)12(10)16)14(9)18-19(5,6)15(2,3)4/h9-12,14H,7-8H2,1-6H3/t9-,10+,11+,12+,14+/m1/s1. The Hall–Kier alpha value is -0.223. The highest BCUT2D eigenvalue weighted by molar-refractivity contribution is 6.74. The summed E-state index contributed by atoms with van der Waals surface area (Å²) < 4.78 is 20.4. The van der Waals surface area contributed by atoms with Crippen molar-refractivity contribution in [2.24, 2.45) is 17.8 Å². The highest BCUT2D eigenvalue weighted by Crippen LogP contribution is 2.48. The Balaban J connectivity index is 2.20. The Morgan fingerprint density at radius 3 is 2.37 bits per heavy atom. The average molecular weight is 286 g/mol. The molecule has 0 aromatic heterocycles. The second-order valence-electron chi connectivity index (χ2n) is 7.85. The van der Waals surface area contributed by atoms with Gasteiger partial charge in [-0.2, -0.15) is 0 Å². The van der Waals surface area contributed by atoms with Gasteiger partial charge in [0.15, 0.2) is 20.3 Å². The molecule has 0 saturated heterocycles. The maximum atomic E-state index is 14.0. The lowest BCUT2D eigenvalue weighted by Gasteiger charge is -2.51. The van der Waals surface area contributed by atoms with Crippen molar-refractivity contribution in [2.75, 3.05) is 0 Å². The van der Waals surface area contributed by atoms with Gasteiger partial charge in [0.1, 0.15) is 0 Å². The third-order valence-electron chi connectivity index (χ3n) is 5.65. The third-order valence-corrected chi connectivity index (χ3v) is 10.1. The predicted octanol–water partition coefficient (Wildman–Crippen LogP) is 3.96. The molecule has 0 spiro atoms. The lowest BCUT2D eigenvalue weighted by molar-refractivity contribution is -0.152. The van der Waals surface area contributed by atoms with Gasteiger partial charge >= 0.3 is 0 Å². The molecule has 0 N–H and O–H groups in total. The molecular formula is C15H27FO2Si. The molecule has 0 unspecified atom stereocenters. The molecule has 2 bridgehead atoms. The van der Waals surface area contributed by atoms with Crippen molar-refractivity contribution in [2.45, 2.75) is 70.9 Å². The lowest BCUT2D eigenvalue weighted by atomic mass is 9.62. The molecule has 0 radical (unpaired) electrons. The monoisotopic (exact) mass is 286 g/mol. The molecule has 19 heavy (non-hydrogen) atoms. The minimum atomic E-state index is -1.90. The Kier molecular flexibility index (Phi) is 3.72. The fourth-order valence-electron chi connectivity index (χ4n) is 3.25. The normalized spacial score (nSPS) is 39.7. The number of carbonyl (C=O) groups is 1. The number of carbonyl (C=O) groups excluding carboxylic acids is 1. The highest BCUT2D eigenvalue weighted by atomic mass is 28.4. The van der Waals surface area contributed by atoms with E-state index in [1.54, 1.807) is 0 Å². The zero-order valence-electron chi connectivity index (χ0n) is 13.0. The van der Waals surface area contributed by atoms with Crippen molar-refractivity contribution in [3.63, 3.8) is 0 Å². The molecular weight excluding hydrogens is 259 g/mol. The van der Waals surface area contributed by atoms with Crippen LogP contribution in [0.4, 0.5) is 4.39 Å².